The van der Waals surface area contributed by atoms with Gasteiger partial charge in [-0.25, -0.2) is 0 Å². The molecule has 0 aromatic heterocycles. The van der Waals surface area contributed by atoms with E-state index in [0.29, 0.717) is 6.42 Å². The zero-order valence-corrected chi connectivity index (χ0v) is 14.8. The molecule has 2 rings (SSSR count). The van der Waals surface area contributed by atoms with Gasteiger partial charge in [-0.15, -0.1) is 0 Å². The molecule has 24 heavy (non-hydrogen) atoms. The second-order valence-electron chi connectivity index (χ2n) is 6.65. The summed E-state index contributed by atoms with van der Waals surface area (Å²) in [5.74, 6) is 0.403. The van der Waals surface area contributed by atoms with Crippen molar-refractivity contribution >= 4 is 22.5 Å². The average Bonchev–Trinajstić information content (AvgIpc) is 2.57. The summed E-state index contributed by atoms with van der Waals surface area (Å²) in [6.45, 7) is 5.59. The quantitative estimate of drug-likeness (QED) is 0.708. The molecule has 0 aliphatic rings. The number of rotatable bonds is 8. The van der Waals surface area contributed by atoms with Crippen LogP contribution in [0.25, 0.3) is 10.8 Å². The maximum atomic E-state index is 12.1. The Morgan fingerprint density at radius 1 is 1.00 bits per heavy atom. The fraction of sp³-hybridized carbons (Fsp3) is 0.429. The Hall–Kier alpha value is -2.16. The summed E-state index contributed by atoms with van der Waals surface area (Å²) >= 11 is 0. The van der Waals surface area contributed by atoms with E-state index in [1.165, 1.54) is 10.8 Å². The van der Waals surface area contributed by atoms with Gasteiger partial charge in [-0.05, 0) is 49.1 Å². The van der Waals surface area contributed by atoms with Crippen LogP contribution in [0.15, 0.2) is 42.5 Å². The Morgan fingerprint density at radius 3 is 2.42 bits per heavy atom. The van der Waals surface area contributed by atoms with Crippen LogP contribution in [0.4, 0.5) is 0 Å². The molecule has 0 aliphatic carbocycles. The van der Waals surface area contributed by atoms with E-state index < -0.39 is 0 Å². The van der Waals surface area contributed by atoms with Gasteiger partial charge in [0.1, 0.15) is 5.78 Å². The summed E-state index contributed by atoms with van der Waals surface area (Å²) in [4.78, 5) is 23.3. The molecular weight excluding hydrogens is 298 g/mol. The largest absolute Gasteiger partial charge is 0.350 e. The molecule has 0 heterocycles. The van der Waals surface area contributed by atoms with E-state index in [4.69, 9.17) is 0 Å². The minimum absolute atomic E-state index is 0.00162. The van der Waals surface area contributed by atoms with Crippen LogP contribution < -0.4 is 5.32 Å². The number of benzene rings is 2. The van der Waals surface area contributed by atoms with Crippen LogP contribution in [0.1, 0.15) is 58.1 Å². The second-order valence-corrected chi connectivity index (χ2v) is 6.65. The van der Waals surface area contributed by atoms with E-state index in [0.717, 1.165) is 24.8 Å². The Labute approximate surface area is 144 Å². The normalized spacial score (nSPS) is 13.5. The van der Waals surface area contributed by atoms with Gasteiger partial charge in [0.15, 0.2) is 0 Å². The maximum absolute atomic E-state index is 12.1. The van der Waals surface area contributed by atoms with Gasteiger partial charge in [0.05, 0.1) is 6.04 Å². The number of nitrogens with one attached hydrogen (secondary N) is 1. The molecule has 0 aliphatic heterocycles. The first-order chi connectivity index (χ1) is 11.5. The zero-order chi connectivity index (χ0) is 17.5. The van der Waals surface area contributed by atoms with Crippen LogP contribution in [0.2, 0.25) is 0 Å². The van der Waals surface area contributed by atoms with Crippen molar-refractivity contribution in [3.05, 3.63) is 48.0 Å². The molecule has 0 saturated carbocycles. The van der Waals surface area contributed by atoms with Crippen LogP contribution in [0.5, 0.6) is 0 Å². The standard InChI is InChI=1S/C21H27NO2/c1-15(17(3)23)8-4-7-11-21(24)22-16(2)19-13-12-18-9-5-6-10-20(18)14-19/h5-6,9-10,12-16H,4,7-8,11H2,1-3H3,(H,22,24)/t15-,16-/m1/s1. The monoisotopic (exact) mass is 325 g/mol. The molecule has 0 radical (unpaired) electrons. The lowest BCUT2D eigenvalue weighted by Gasteiger charge is -2.15. The molecule has 3 heteroatoms. The van der Waals surface area contributed by atoms with Crippen LogP contribution in [0.3, 0.4) is 0 Å². The molecule has 2 aromatic rings. The minimum Gasteiger partial charge on any atom is -0.350 e. The van der Waals surface area contributed by atoms with Crippen molar-refractivity contribution in [1.29, 1.82) is 0 Å². The lowest BCUT2D eigenvalue weighted by atomic mass is 9.99. The van der Waals surface area contributed by atoms with Gasteiger partial charge < -0.3 is 5.32 Å². The highest BCUT2D eigenvalue weighted by Gasteiger charge is 2.11. The summed E-state index contributed by atoms with van der Waals surface area (Å²) in [5, 5.41) is 5.46. The van der Waals surface area contributed by atoms with Gasteiger partial charge in [-0.1, -0.05) is 49.7 Å². The van der Waals surface area contributed by atoms with Gasteiger partial charge in [0.2, 0.25) is 5.91 Å². The van der Waals surface area contributed by atoms with Crippen LogP contribution in [0, 0.1) is 5.92 Å². The SMILES string of the molecule is CC(=O)[C@H](C)CCCCC(=O)N[C@H](C)c1ccc2ccccc2c1. The molecule has 3 nitrogen and oxygen atoms in total. The molecule has 1 N–H and O–H groups in total. The predicted molar refractivity (Wildman–Crippen MR) is 98.8 cm³/mol. The predicted octanol–water partition coefficient (Wildman–Crippen LogP) is 4.80. The number of carbonyl (C=O) groups excluding carboxylic acids is 2. The van der Waals surface area contributed by atoms with E-state index in [2.05, 4.69) is 35.6 Å². The van der Waals surface area contributed by atoms with Crippen LogP contribution >= 0.6 is 0 Å². The van der Waals surface area contributed by atoms with Gasteiger partial charge in [-0.2, -0.15) is 0 Å². The van der Waals surface area contributed by atoms with Crippen LogP contribution in [-0.2, 0) is 9.59 Å². The Bertz CT molecular complexity index is 708. The number of hydrogen-bond donors (Lipinski definition) is 1. The van der Waals surface area contributed by atoms with Gasteiger partial charge in [-0.3, -0.25) is 9.59 Å². The third-order valence-electron chi connectivity index (χ3n) is 4.64. The third-order valence-corrected chi connectivity index (χ3v) is 4.64. The number of fused-ring (bicyclic) bond motifs is 1. The summed E-state index contributed by atoms with van der Waals surface area (Å²) < 4.78 is 0. The smallest absolute Gasteiger partial charge is 0.220 e. The van der Waals surface area contributed by atoms with E-state index in [9.17, 15) is 9.59 Å². The third kappa shape index (κ3) is 5.19. The molecule has 0 bridgehead atoms. The Morgan fingerprint density at radius 2 is 1.71 bits per heavy atom. The summed E-state index contributed by atoms with van der Waals surface area (Å²) in [6.07, 6.45) is 3.12. The molecule has 0 spiro atoms. The van der Waals surface area contributed by atoms with Gasteiger partial charge in [0, 0.05) is 12.3 Å². The fourth-order valence-electron chi connectivity index (χ4n) is 2.81. The molecule has 0 unspecified atom stereocenters. The van der Waals surface area contributed by atoms with Crippen molar-refractivity contribution in [1.82, 2.24) is 5.32 Å². The summed E-state index contributed by atoms with van der Waals surface area (Å²) in [7, 11) is 0. The van der Waals surface area contributed by atoms with Crippen molar-refractivity contribution in [2.24, 2.45) is 5.92 Å². The van der Waals surface area contributed by atoms with Gasteiger partial charge in [0.25, 0.3) is 0 Å². The highest BCUT2D eigenvalue weighted by atomic mass is 16.1. The van der Waals surface area contributed by atoms with Crippen molar-refractivity contribution in [3.63, 3.8) is 0 Å². The van der Waals surface area contributed by atoms with E-state index in [1.807, 2.05) is 26.0 Å². The fourth-order valence-corrected chi connectivity index (χ4v) is 2.81. The Kier molecular flexibility index (Phi) is 6.53. The molecule has 0 fully saturated rings. The first-order valence-corrected chi connectivity index (χ1v) is 8.76. The molecular formula is C21H27NO2. The first-order valence-electron chi connectivity index (χ1n) is 8.76. The number of ketones is 1. The second kappa shape index (κ2) is 8.62. The van der Waals surface area contributed by atoms with Crippen molar-refractivity contribution in [2.75, 3.05) is 0 Å². The van der Waals surface area contributed by atoms with Crippen molar-refractivity contribution in [3.8, 4) is 0 Å². The highest BCUT2D eigenvalue weighted by molar-refractivity contribution is 5.83. The molecule has 2 aromatic carbocycles. The number of carbonyl (C=O) groups is 2. The molecule has 1 amide bonds. The van der Waals surface area contributed by atoms with E-state index in [-0.39, 0.29) is 23.7 Å². The average molecular weight is 325 g/mol. The molecule has 0 saturated heterocycles. The number of hydrogen-bond acceptors (Lipinski definition) is 2. The van der Waals surface area contributed by atoms with E-state index in [1.54, 1.807) is 6.92 Å². The first kappa shape index (κ1) is 18.2. The summed E-state index contributed by atoms with van der Waals surface area (Å²) in [5.41, 5.74) is 1.12. The maximum Gasteiger partial charge on any atom is 0.220 e. The zero-order valence-electron chi connectivity index (χ0n) is 14.8. The minimum atomic E-state index is -0.00162. The Balaban J connectivity index is 1.81. The number of Topliss-reactive ketones (excluding diaryl/α,β-unsaturated/α-hetero) is 1. The van der Waals surface area contributed by atoms with Crippen molar-refractivity contribution in [2.45, 2.75) is 52.5 Å². The van der Waals surface area contributed by atoms with Crippen molar-refractivity contribution < 1.29 is 9.59 Å². The van der Waals surface area contributed by atoms with E-state index >= 15 is 0 Å². The lowest BCUT2D eigenvalue weighted by Crippen LogP contribution is -2.26. The lowest BCUT2D eigenvalue weighted by molar-refractivity contribution is -0.121. The topological polar surface area (TPSA) is 46.2 Å². The molecule has 128 valence electrons. The van der Waals surface area contributed by atoms with Crippen LogP contribution in [-0.4, -0.2) is 11.7 Å². The molecule has 2 atom stereocenters. The highest BCUT2D eigenvalue weighted by Crippen LogP contribution is 2.20. The van der Waals surface area contributed by atoms with Gasteiger partial charge >= 0.3 is 0 Å². The summed E-state index contributed by atoms with van der Waals surface area (Å²) in [6, 6.07) is 14.5. The number of amides is 1. The number of unbranched alkanes of at least 4 members (excludes halogenated alkanes) is 1.